The molecule has 3 N–H and O–H groups in total. The van der Waals surface area contributed by atoms with Crippen LogP contribution >= 0.6 is 0 Å². The van der Waals surface area contributed by atoms with Gasteiger partial charge in [-0.15, -0.1) is 0 Å². The first-order chi connectivity index (χ1) is 8.60. The van der Waals surface area contributed by atoms with Crippen LogP contribution in [0.15, 0.2) is 18.2 Å². The zero-order chi connectivity index (χ0) is 13.1. The molecule has 3 nitrogen and oxygen atoms in total. The van der Waals surface area contributed by atoms with E-state index in [0.29, 0.717) is 12.0 Å². The number of methoxy groups -OCH3 is 1. The van der Waals surface area contributed by atoms with Crippen molar-refractivity contribution in [2.24, 2.45) is 11.7 Å². The Hall–Kier alpha value is -1.22. The highest BCUT2D eigenvalue weighted by Crippen LogP contribution is 2.30. The topological polar surface area (TPSA) is 47.3 Å². The number of anilines is 1. The average molecular weight is 248 g/mol. The Labute approximate surface area is 110 Å². The number of nitrogens with two attached hydrogens (primary N) is 1. The lowest BCUT2D eigenvalue weighted by Gasteiger charge is -2.32. The van der Waals surface area contributed by atoms with E-state index in [9.17, 15) is 0 Å². The third-order valence-electron chi connectivity index (χ3n) is 3.72. The molecule has 0 bridgehead atoms. The summed E-state index contributed by atoms with van der Waals surface area (Å²) in [5.74, 6) is 2.18. The van der Waals surface area contributed by atoms with Gasteiger partial charge in [-0.3, -0.25) is 0 Å². The molecule has 0 unspecified atom stereocenters. The van der Waals surface area contributed by atoms with Gasteiger partial charge in [0.15, 0.2) is 0 Å². The van der Waals surface area contributed by atoms with E-state index in [0.717, 1.165) is 31.1 Å². The van der Waals surface area contributed by atoms with Gasteiger partial charge in [0.2, 0.25) is 0 Å². The molecule has 1 aliphatic rings. The van der Waals surface area contributed by atoms with Gasteiger partial charge in [0.05, 0.1) is 7.11 Å². The SMILES string of the molecule is COc1ccc(NCC2CC(N)C2)cc1C(C)C. The van der Waals surface area contributed by atoms with Crippen LogP contribution in [-0.2, 0) is 0 Å². The average Bonchev–Trinajstić information content (AvgIpc) is 2.32. The predicted octanol–water partition coefficient (Wildman–Crippen LogP) is 2.97. The van der Waals surface area contributed by atoms with E-state index in [-0.39, 0.29) is 0 Å². The lowest BCUT2D eigenvalue weighted by atomic mass is 9.81. The fourth-order valence-corrected chi connectivity index (χ4v) is 2.51. The quantitative estimate of drug-likeness (QED) is 0.842. The number of benzene rings is 1. The van der Waals surface area contributed by atoms with Crippen LogP contribution in [0.4, 0.5) is 5.69 Å². The Balaban J connectivity index is 1.98. The Bertz CT molecular complexity index is 397. The first-order valence-corrected chi connectivity index (χ1v) is 6.77. The van der Waals surface area contributed by atoms with E-state index >= 15 is 0 Å². The first-order valence-electron chi connectivity index (χ1n) is 6.77. The van der Waals surface area contributed by atoms with E-state index in [4.69, 9.17) is 10.5 Å². The Morgan fingerprint density at radius 3 is 2.67 bits per heavy atom. The molecule has 0 aromatic heterocycles. The third kappa shape index (κ3) is 2.96. The minimum Gasteiger partial charge on any atom is -0.496 e. The number of ether oxygens (including phenoxy) is 1. The van der Waals surface area contributed by atoms with Crippen molar-refractivity contribution in [3.8, 4) is 5.75 Å². The molecule has 0 saturated heterocycles. The molecule has 1 aromatic carbocycles. The standard InChI is InChI=1S/C15H24N2O/c1-10(2)14-8-13(4-5-15(14)18-3)17-9-11-6-12(16)7-11/h4-5,8,10-12,17H,6-7,9,16H2,1-3H3. The molecular weight excluding hydrogens is 224 g/mol. The summed E-state index contributed by atoms with van der Waals surface area (Å²) in [5.41, 5.74) is 8.23. The van der Waals surface area contributed by atoms with Crippen molar-refractivity contribution < 1.29 is 4.74 Å². The first kappa shape index (κ1) is 13.2. The van der Waals surface area contributed by atoms with Crippen molar-refractivity contribution in [3.05, 3.63) is 23.8 Å². The summed E-state index contributed by atoms with van der Waals surface area (Å²) < 4.78 is 5.39. The molecule has 1 saturated carbocycles. The molecule has 100 valence electrons. The van der Waals surface area contributed by atoms with Crippen molar-refractivity contribution in [1.29, 1.82) is 0 Å². The highest BCUT2D eigenvalue weighted by molar-refractivity contribution is 5.52. The van der Waals surface area contributed by atoms with E-state index in [1.165, 1.54) is 11.3 Å². The van der Waals surface area contributed by atoms with Crippen LogP contribution in [0.3, 0.4) is 0 Å². The van der Waals surface area contributed by atoms with Crippen molar-refractivity contribution >= 4 is 5.69 Å². The lowest BCUT2D eigenvalue weighted by Crippen LogP contribution is -2.39. The monoisotopic (exact) mass is 248 g/mol. The van der Waals surface area contributed by atoms with E-state index in [2.05, 4.69) is 31.3 Å². The third-order valence-corrected chi connectivity index (χ3v) is 3.72. The van der Waals surface area contributed by atoms with Gasteiger partial charge in [0, 0.05) is 18.3 Å². The zero-order valence-corrected chi connectivity index (χ0v) is 11.6. The summed E-state index contributed by atoms with van der Waals surface area (Å²) >= 11 is 0. The largest absolute Gasteiger partial charge is 0.496 e. The van der Waals surface area contributed by atoms with Crippen LogP contribution in [0, 0.1) is 5.92 Å². The fraction of sp³-hybridized carbons (Fsp3) is 0.600. The van der Waals surface area contributed by atoms with E-state index in [1.54, 1.807) is 7.11 Å². The minimum atomic E-state index is 0.430. The summed E-state index contributed by atoms with van der Waals surface area (Å²) in [4.78, 5) is 0. The van der Waals surface area contributed by atoms with E-state index < -0.39 is 0 Å². The Morgan fingerprint density at radius 2 is 2.11 bits per heavy atom. The van der Waals surface area contributed by atoms with Gasteiger partial charge in [-0.1, -0.05) is 13.8 Å². The molecule has 18 heavy (non-hydrogen) atoms. The number of hydrogen-bond donors (Lipinski definition) is 2. The van der Waals surface area contributed by atoms with Gasteiger partial charge in [-0.05, 0) is 48.4 Å². The highest BCUT2D eigenvalue weighted by Gasteiger charge is 2.25. The maximum atomic E-state index is 5.80. The zero-order valence-electron chi connectivity index (χ0n) is 11.6. The molecule has 1 aliphatic carbocycles. The normalized spacial score (nSPS) is 22.7. The van der Waals surface area contributed by atoms with Crippen LogP contribution in [-0.4, -0.2) is 19.7 Å². The smallest absolute Gasteiger partial charge is 0.122 e. The van der Waals surface area contributed by atoms with Crippen LogP contribution in [0.1, 0.15) is 38.2 Å². The molecule has 0 radical (unpaired) electrons. The van der Waals surface area contributed by atoms with Crippen molar-refractivity contribution in [3.63, 3.8) is 0 Å². The fourth-order valence-electron chi connectivity index (χ4n) is 2.51. The van der Waals surface area contributed by atoms with Crippen molar-refractivity contribution in [2.45, 2.75) is 38.6 Å². The minimum absolute atomic E-state index is 0.430. The molecule has 0 heterocycles. The Morgan fingerprint density at radius 1 is 1.39 bits per heavy atom. The van der Waals surface area contributed by atoms with Gasteiger partial charge >= 0.3 is 0 Å². The number of hydrogen-bond acceptors (Lipinski definition) is 3. The summed E-state index contributed by atoms with van der Waals surface area (Å²) in [6, 6.07) is 6.76. The molecule has 2 rings (SSSR count). The van der Waals surface area contributed by atoms with Crippen LogP contribution in [0.25, 0.3) is 0 Å². The van der Waals surface area contributed by atoms with Gasteiger partial charge in [0.1, 0.15) is 5.75 Å². The summed E-state index contributed by atoms with van der Waals surface area (Å²) in [6.07, 6.45) is 2.31. The number of rotatable bonds is 5. The molecule has 1 fully saturated rings. The van der Waals surface area contributed by atoms with Gasteiger partial charge < -0.3 is 15.8 Å². The van der Waals surface area contributed by atoms with Gasteiger partial charge in [0.25, 0.3) is 0 Å². The van der Waals surface area contributed by atoms with Gasteiger partial charge in [-0.2, -0.15) is 0 Å². The maximum absolute atomic E-state index is 5.80. The summed E-state index contributed by atoms with van der Waals surface area (Å²) in [7, 11) is 1.73. The molecule has 1 aromatic rings. The van der Waals surface area contributed by atoms with Crippen molar-refractivity contribution in [1.82, 2.24) is 0 Å². The lowest BCUT2D eigenvalue weighted by molar-refractivity contribution is 0.280. The van der Waals surface area contributed by atoms with Crippen LogP contribution in [0.2, 0.25) is 0 Å². The van der Waals surface area contributed by atoms with E-state index in [1.807, 2.05) is 6.07 Å². The highest BCUT2D eigenvalue weighted by atomic mass is 16.5. The second-order valence-electron chi connectivity index (χ2n) is 5.59. The molecular formula is C15H24N2O. The molecule has 0 spiro atoms. The second kappa shape index (κ2) is 5.61. The molecule has 0 amide bonds. The molecule has 0 atom stereocenters. The summed E-state index contributed by atoms with van der Waals surface area (Å²) in [5, 5.41) is 3.50. The summed E-state index contributed by atoms with van der Waals surface area (Å²) in [6.45, 7) is 5.40. The number of nitrogens with one attached hydrogen (secondary N) is 1. The molecule has 3 heteroatoms. The van der Waals surface area contributed by atoms with Crippen LogP contribution in [0.5, 0.6) is 5.75 Å². The predicted molar refractivity (Wildman–Crippen MR) is 76.3 cm³/mol. The second-order valence-corrected chi connectivity index (χ2v) is 5.59. The Kier molecular flexibility index (Phi) is 4.12. The van der Waals surface area contributed by atoms with Crippen LogP contribution < -0.4 is 15.8 Å². The van der Waals surface area contributed by atoms with Crippen molar-refractivity contribution in [2.75, 3.05) is 19.0 Å². The van der Waals surface area contributed by atoms with Gasteiger partial charge in [-0.25, -0.2) is 0 Å². The molecule has 0 aliphatic heterocycles. The maximum Gasteiger partial charge on any atom is 0.122 e.